The van der Waals surface area contributed by atoms with Crippen LogP contribution in [0.4, 0.5) is 0 Å². The molecule has 0 aromatic carbocycles. The molecule has 0 saturated carbocycles. The molecular weight excluding hydrogens is 254 g/mol. The van der Waals surface area contributed by atoms with Crippen molar-refractivity contribution in [1.82, 2.24) is 4.90 Å². The number of furan rings is 1. The average molecular weight is 269 g/mol. The summed E-state index contributed by atoms with van der Waals surface area (Å²) >= 11 is 1.53. The van der Waals surface area contributed by atoms with Gasteiger partial charge in [-0.05, 0) is 12.5 Å². The number of nitrogens with zero attached hydrogens (tertiary/aromatic N) is 1. The van der Waals surface area contributed by atoms with E-state index in [2.05, 4.69) is 0 Å². The number of rotatable bonds is 4. The van der Waals surface area contributed by atoms with E-state index in [0.29, 0.717) is 11.3 Å². The first-order chi connectivity index (χ1) is 8.65. The number of amides is 1. The second-order valence-corrected chi connectivity index (χ2v) is 5.37. The van der Waals surface area contributed by atoms with E-state index in [1.165, 1.54) is 29.2 Å². The summed E-state index contributed by atoms with van der Waals surface area (Å²) < 4.78 is 4.88. The molecule has 98 valence electrons. The smallest absolute Gasteiger partial charge is 0.327 e. The number of thioether (sulfide) groups is 1. The Bertz CT molecular complexity index is 431. The first kappa shape index (κ1) is 13.0. The number of carbonyl (C=O) groups excluding carboxylic acids is 1. The predicted molar refractivity (Wildman–Crippen MR) is 67.5 cm³/mol. The summed E-state index contributed by atoms with van der Waals surface area (Å²) in [5.74, 6) is -0.763. The molecule has 0 radical (unpaired) electrons. The van der Waals surface area contributed by atoms with Crippen molar-refractivity contribution in [2.24, 2.45) is 0 Å². The van der Waals surface area contributed by atoms with E-state index < -0.39 is 12.0 Å². The predicted octanol–water partition coefficient (Wildman–Crippen LogP) is 2.05. The average Bonchev–Trinajstić information content (AvgIpc) is 2.97. The lowest BCUT2D eigenvalue weighted by Crippen LogP contribution is -2.45. The summed E-state index contributed by atoms with van der Waals surface area (Å²) in [5, 5.41) is 9.13. The quantitative estimate of drug-likeness (QED) is 0.905. The highest BCUT2D eigenvalue weighted by molar-refractivity contribution is 8.00. The van der Waals surface area contributed by atoms with Gasteiger partial charge in [0, 0.05) is 5.75 Å². The first-order valence-electron chi connectivity index (χ1n) is 5.84. The van der Waals surface area contributed by atoms with E-state index in [9.17, 15) is 14.7 Å². The molecule has 1 fully saturated rings. The van der Waals surface area contributed by atoms with E-state index in [1.807, 2.05) is 6.92 Å². The van der Waals surface area contributed by atoms with E-state index >= 15 is 0 Å². The third-order valence-electron chi connectivity index (χ3n) is 2.92. The van der Waals surface area contributed by atoms with Crippen LogP contribution in [0, 0.1) is 0 Å². The zero-order valence-electron chi connectivity index (χ0n) is 10.0. The monoisotopic (exact) mass is 269 g/mol. The second kappa shape index (κ2) is 5.48. The molecule has 18 heavy (non-hydrogen) atoms. The van der Waals surface area contributed by atoms with E-state index in [4.69, 9.17) is 4.42 Å². The Morgan fingerprint density at radius 1 is 1.61 bits per heavy atom. The van der Waals surface area contributed by atoms with Gasteiger partial charge in [0.2, 0.25) is 0 Å². The second-order valence-electron chi connectivity index (χ2n) is 4.16. The fraction of sp³-hybridized carbons (Fsp3) is 0.500. The fourth-order valence-electron chi connectivity index (χ4n) is 2.03. The van der Waals surface area contributed by atoms with Crippen LogP contribution >= 0.6 is 11.8 Å². The van der Waals surface area contributed by atoms with Gasteiger partial charge in [-0.15, -0.1) is 11.8 Å². The lowest BCUT2D eigenvalue weighted by molar-refractivity contribution is -0.141. The van der Waals surface area contributed by atoms with Crippen molar-refractivity contribution in [2.45, 2.75) is 31.2 Å². The van der Waals surface area contributed by atoms with Gasteiger partial charge in [0.25, 0.3) is 5.91 Å². The van der Waals surface area contributed by atoms with Crippen LogP contribution < -0.4 is 0 Å². The van der Waals surface area contributed by atoms with E-state index in [-0.39, 0.29) is 11.3 Å². The highest BCUT2D eigenvalue weighted by Gasteiger charge is 2.41. The number of aliphatic carboxylic acids is 1. The Hall–Kier alpha value is -1.43. The van der Waals surface area contributed by atoms with Crippen molar-refractivity contribution < 1.29 is 19.1 Å². The Morgan fingerprint density at radius 2 is 2.39 bits per heavy atom. The van der Waals surface area contributed by atoms with E-state index in [1.54, 1.807) is 6.07 Å². The van der Waals surface area contributed by atoms with Crippen LogP contribution in [0.2, 0.25) is 0 Å². The van der Waals surface area contributed by atoms with Crippen molar-refractivity contribution >= 4 is 23.6 Å². The number of hydrogen-bond acceptors (Lipinski definition) is 4. The van der Waals surface area contributed by atoms with Crippen LogP contribution in [-0.4, -0.2) is 39.1 Å². The standard InChI is InChI=1S/C12H15NO4S/c1-2-3-10-13(9(7-18-10)12(15)16)11(14)8-4-5-17-6-8/h4-6,9-10H,2-3,7H2,1H3,(H,15,16). The molecule has 0 aliphatic carbocycles. The van der Waals surface area contributed by atoms with Crippen LogP contribution in [0.5, 0.6) is 0 Å². The molecule has 1 amide bonds. The maximum atomic E-state index is 12.3. The Kier molecular flexibility index (Phi) is 3.96. The van der Waals surface area contributed by atoms with Crippen LogP contribution in [0.3, 0.4) is 0 Å². The van der Waals surface area contributed by atoms with Gasteiger partial charge in [-0.2, -0.15) is 0 Å². The maximum Gasteiger partial charge on any atom is 0.327 e. The highest BCUT2D eigenvalue weighted by atomic mass is 32.2. The first-order valence-corrected chi connectivity index (χ1v) is 6.89. The van der Waals surface area contributed by atoms with Gasteiger partial charge in [-0.1, -0.05) is 13.3 Å². The minimum Gasteiger partial charge on any atom is -0.480 e. The molecule has 1 aromatic rings. The molecule has 1 N–H and O–H groups in total. The zero-order chi connectivity index (χ0) is 13.1. The third kappa shape index (κ3) is 2.38. The van der Waals surface area contributed by atoms with Crippen LogP contribution in [0.15, 0.2) is 23.0 Å². The van der Waals surface area contributed by atoms with Gasteiger partial charge >= 0.3 is 5.97 Å². The Labute approximate surface area is 109 Å². The van der Waals surface area contributed by atoms with Crippen molar-refractivity contribution in [3.63, 3.8) is 0 Å². The summed E-state index contributed by atoms with van der Waals surface area (Å²) in [7, 11) is 0. The van der Waals surface area contributed by atoms with Gasteiger partial charge in [0.1, 0.15) is 12.3 Å². The maximum absolute atomic E-state index is 12.3. The number of hydrogen-bond donors (Lipinski definition) is 1. The topological polar surface area (TPSA) is 70.8 Å². The SMILES string of the molecule is CCCC1SCC(C(=O)O)N1C(=O)c1ccoc1. The summed E-state index contributed by atoms with van der Waals surface area (Å²) in [6, 6.07) is 0.821. The van der Waals surface area contributed by atoms with Gasteiger partial charge in [0.05, 0.1) is 17.2 Å². The van der Waals surface area contributed by atoms with Gasteiger partial charge in [0.15, 0.2) is 0 Å². The molecular formula is C12H15NO4S. The summed E-state index contributed by atoms with van der Waals surface area (Å²) in [6.07, 6.45) is 4.49. The molecule has 1 aromatic heterocycles. The zero-order valence-corrected chi connectivity index (χ0v) is 10.9. The van der Waals surface area contributed by atoms with Crippen molar-refractivity contribution in [3.05, 3.63) is 24.2 Å². The molecule has 2 heterocycles. The summed E-state index contributed by atoms with van der Waals surface area (Å²) in [6.45, 7) is 2.02. The molecule has 0 spiro atoms. The molecule has 1 aliphatic rings. The van der Waals surface area contributed by atoms with Crippen LogP contribution in [-0.2, 0) is 4.79 Å². The Balaban J connectivity index is 2.23. The normalized spacial score (nSPS) is 23.3. The molecule has 2 atom stereocenters. The third-order valence-corrected chi connectivity index (χ3v) is 4.27. The van der Waals surface area contributed by atoms with Gasteiger partial charge in [-0.25, -0.2) is 4.79 Å². The molecule has 1 saturated heterocycles. The van der Waals surface area contributed by atoms with Crippen molar-refractivity contribution in [3.8, 4) is 0 Å². The molecule has 0 bridgehead atoms. The lowest BCUT2D eigenvalue weighted by atomic mass is 10.2. The number of carboxylic acid groups (broad SMARTS) is 1. The fourth-order valence-corrected chi connectivity index (χ4v) is 3.54. The minimum atomic E-state index is -0.946. The highest BCUT2D eigenvalue weighted by Crippen LogP contribution is 2.33. The van der Waals surface area contributed by atoms with Crippen molar-refractivity contribution in [1.29, 1.82) is 0 Å². The summed E-state index contributed by atoms with van der Waals surface area (Å²) in [5.41, 5.74) is 0.407. The van der Waals surface area contributed by atoms with Gasteiger partial charge in [-0.3, -0.25) is 4.79 Å². The lowest BCUT2D eigenvalue weighted by Gasteiger charge is -2.26. The molecule has 2 rings (SSSR count). The molecule has 5 nitrogen and oxygen atoms in total. The van der Waals surface area contributed by atoms with Crippen molar-refractivity contribution in [2.75, 3.05) is 5.75 Å². The number of carbonyl (C=O) groups is 2. The Morgan fingerprint density at radius 3 is 2.94 bits per heavy atom. The largest absolute Gasteiger partial charge is 0.480 e. The van der Waals surface area contributed by atoms with E-state index in [0.717, 1.165) is 12.8 Å². The molecule has 2 unspecified atom stereocenters. The minimum absolute atomic E-state index is 0.0569. The molecule has 1 aliphatic heterocycles. The number of carboxylic acids is 1. The van der Waals surface area contributed by atoms with Gasteiger partial charge < -0.3 is 14.4 Å². The van der Waals surface area contributed by atoms with Crippen LogP contribution in [0.25, 0.3) is 0 Å². The molecule has 6 heteroatoms. The van der Waals surface area contributed by atoms with Crippen LogP contribution in [0.1, 0.15) is 30.1 Å². The summed E-state index contributed by atoms with van der Waals surface area (Å²) in [4.78, 5) is 25.0.